The molecular formula is C17H25NO. The number of benzene rings is 1. The lowest BCUT2D eigenvalue weighted by molar-refractivity contribution is 0.341. The average Bonchev–Trinajstić information content (AvgIpc) is 2.87. The van der Waals surface area contributed by atoms with Gasteiger partial charge >= 0.3 is 0 Å². The van der Waals surface area contributed by atoms with Crippen LogP contribution in [-0.2, 0) is 0 Å². The van der Waals surface area contributed by atoms with Crippen LogP contribution in [0.4, 0.5) is 0 Å². The van der Waals surface area contributed by atoms with Gasteiger partial charge in [-0.1, -0.05) is 51.8 Å². The second kappa shape index (κ2) is 6.76. The van der Waals surface area contributed by atoms with Crippen LogP contribution in [0.25, 0.3) is 11.0 Å². The van der Waals surface area contributed by atoms with Crippen LogP contribution in [0.15, 0.2) is 34.9 Å². The van der Waals surface area contributed by atoms with Crippen LogP contribution in [0.2, 0.25) is 0 Å². The molecule has 2 nitrogen and oxygen atoms in total. The van der Waals surface area contributed by atoms with Crippen LogP contribution in [0.3, 0.4) is 0 Å². The Morgan fingerprint density at radius 1 is 1.11 bits per heavy atom. The summed E-state index contributed by atoms with van der Waals surface area (Å²) in [6.07, 6.45) is 5.48. The fourth-order valence-electron chi connectivity index (χ4n) is 2.83. The summed E-state index contributed by atoms with van der Waals surface area (Å²) < 4.78 is 5.71. The molecule has 0 aliphatic heterocycles. The third-order valence-electron chi connectivity index (χ3n) is 3.98. The monoisotopic (exact) mass is 259 g/mol. The van der Waals surface area contributed by atoms with E-state index in [-0.39, 0.29) is 0 Å². The van der Waals surface area contributed by atoms with Gasteiger partial charge in [-0.25, -0.2) is 0 Å². The third-order valence-corrected chi connectivity index (χ3v) is 3.98. The van der Waals surface area contributed by atoms with E-state index in [9.17, 15) is 0 Å². The van der Waals surface area contributed by atoms with E-state index < -0.39 is 0 Å². The van der Waals surface area contributed by atoms with Crippen LogP contribution < -0.4 is 5.32 Å². The standard InChI is InChI=1S/C17H25NO/c1-4-11-18-17(13(5-2)6-3)15-12-19-16-10-8-7-9-14(15)16/h7-10,12-13,17-18H,4-6,11H2,1-3H3. The lowest BCUT2D eigenvalue weighted by Gasteiger charge is -2.26. The van der Waals surface area contributed by atoms with Crippen molar-refractivity contribution in [2.24, 2.45) is 5.92 Å². The van der Waals surface area contributed by atoms with E-state index in [4.69, 9.17) is 4.42 Å². The zero-order chi connectivity index (χ0) is 13.7. The van der Waals surface area contributed by atoms with E-state index in [0.29, 0.717) is 12.0 Å². The molecule has 0 aliphatic rings. The number of fused-ring (bicyclic) bond motifs is 1. The highest BCUT2D eigenvalue weighted by Crippen LogP contribution is 2.33. The summed E-state index contributed by atoms with van der Waals surface area (Å²) in [6, 6.07) is 8.73. The molecule has 2 aromatic rings. The number of hydrogen-bond donors (Lipinski definition) is 1. The van der Waals surface area contributed by atoms with Crippen molar-refractivity contribution < 1.29 is 4.42 Å². The Hall–Kier alpha value is -1.28. The molecule has 1 N–H and O–H groups in total. The molecule has 1 atom stereocenters. The summed E-state index contributed by atoms with van der Waals surface area (Å²) in [5.74, 6) is 0.660. The Balaban J connectivity index is 2.36. The van der Waals surface area contributed by atoms with Crippen molar-refractivity contribution in [1.29, 1.82) is 0 Å². The van der Waals surface area contributed by atoms with E-state index >= 15 is 0 Å². The summed E-state index contributed by atoms with van der Waals surface area (Å²) >= 11 is 0. The van der Waals surface area contributed by atoms with Gasteiger partial charge in [0, 0.05) is 17.0 Å². The van der Waals surface area contributed by atoms with Crippen molar-refractivity contribution in [2.75, 3.05) is 6.54 Å². The first-order valence-electron chi connectivity index (χ1n) is 7.51. The van der Waals surface area contributed by atoms with Gasteiger partial charge in [-0.2, -0.15) is 0 Å². The van der Waals surface area contributed by atoms with Gasteiger partial charge < -0.3 is 9.73 Å². The average molecular weight is 259 g/mol. The molecule has 19 heavy (non-hydrogen) atoms. The Bertz CT molecular complexity index is 499. The zero-order valence-corrected chi connectivity index (χ0v) is 12.3. The molecule has 2 heteroatoms. The maximum atomic E-state index is 5.71. The molecular weight excluding hydrogens is 234 g/mol. The Kier molecular flexibility index (Phi) is 5.03. The molecule has 0 saturated heterocycles. The van der Waals surface area contributed by atoms with Gasteiger partial charge in [0.15, 0.2) is 0 Å². The molecule has 0 saturated carbocycles. The van der Waals surface area contributed by atoms with Crippen LogP contribution in [0.1, 0.15) is 51.6 Å². The summed E-state index contributed by atoms with van der Waals surface area (Å²) in [4.78, 5) is 0. The predicted molar refractivity (Wildman–Crippen MR) is 81.3 cm³/mol. The van der Waals surface area contributed by atoms with E-state index in [1.165, 1.54) is 23.8 Å². The van der Waals surface area contributed by atoms with Crippen LogP contribution in [0, 0.1) is 5.92 Å². The molecule has 104 valence electrons. The summed E-state index contributed by atoms with van der Waals surface area (Å²) in [6.45, 7) is 7.82. The van der Waals surface area contributed by atoms with E-state index in [0.717, 1.165) is 18.5 Å². The molecule has 1 aromatic carbocycles. The van der Waals surface area contributed by atoms with Crippen molar-refractivity contribution in [2.45, 2.75) is 46.1 Å². The van der Waals surface area contributed by atoms with E-state index in [2.05, 4.69) is 38.2 Å². The summed E-state index contributed by atoms with van der Waals surface area (Å²) in [5, 5.41) is 4.96. The smallest absolute Gasteiger partial charge is 0.134 e. The van der Waals surface area contributed by atoms with Gasteiger partial charge in [0.2, 0.25) is 0 Å². The summed E-state index contributed by atoms with van der Waals surface area (Å²) in [7, 11) is 0. The molecule has 1 aromatic heterocycles. The van der Waals surface area contributed by atoms with Gasteiger partial charge in [-0.3, -0.25) is 0 Å². The number of furan rings is 1. The fourth-order valence-corrected chi connectivity index (χ4v) is 2.83. The number of nitrogens with one attached hydrogen (secondary N) is 1. The van der Waals surface area contributed by atoms with Crippen molar-refractivity contribution >= 4 is 11.0 Å². The molecule has 0 spiro atoms. The van der Waals surface area contributed by atoms with Crippen LogP contribution in [-0.4, -0.2) is 6.54 Å². The second-order valence-electron chi connectivity index (χ2n) is 5.20. The summed E-state index contributed by atoms with van der Waals surface area (Å²) in [5.41, 5.74) is 2.31. The first-order chi connectivity index (χ1) is 9.31. The highest BCUT2D eigenvalue weighted by atomic mass is 16.3. The normalized spacial score (nSPS) is 13.3. The van der Waals surface area contributed by atoms with E-state index in [1.54, 1.807) is 0 Å². The molecule has 0 aliphatic carbocycles. The molecule has 1 heterocycles. The molecule has 0 radical (unpaired) electrons. The molecule has 0 amide bonds. The van der Waals surface area contributed by atoms with Crippen LogP contribution >= 0.6 is 0 Å². The lowest BCUT2D eigenvalue weighted by atomic mass is 9.88. The number of para-hydroxylation sites is 1. The van der Waals surface area contributed by atoms with E-state index in [1.807, 2.05) is 18.4 Å². The topological polar surface area (TPSA) is 25.2 Å². The third kappa shape index (κ3) is 3.01. The SMILES string of the molecule is CCCNC(c1coc2ccccc12)C(CC)CC. The second-order valence-corrected chi connectivity index (χ2v) is 5.20. The van der Waals surface area contributed by atoms with Gasteiger partial charge in [0.1, 0.15) is 5.58 Å². The lowest BCUT2D eigenvalue weighted by Crippen LogP contribution is -2.28. The Morgan fingerprint density at radius 3 is 2.53 bits per heavy atom. The van der Waals surface area contributed by atoms with Gasteiger partial charge in [-0.05, 0) is 24.9 Å². The maximum absolute atomic E-state index is 5.71. The minimum absolute atomic E-state index is 0.401. The molecule has 2 rings (SSSR count). The largest absolute Gasteiger partial charge is 0.464 e. The van der Waals surface area contributed by atoms with Crippen molar-refractivity contribution in [3.05, 3.63) is 36.1 Å². The number of hydrogen-bond acceptors (Lipinski definition) is 2. The minimum atomic E-state index is 0.401. The van der Waals surface area contributed by atoms with Crippen molar-refractivity contribution in [3.8, 4) is 0 Å². The number of rotatable bonds is 7. The fraction of sp³-hybridized carbons (Fsp3) is 0.529. The Morgan fingerprint density at radius 2 is 1.84 bits per heavy atom. The van der Waals surface area contributed by atoms with Crippen LogP contribution in [0.5, 0.6) is 0 Å². The highest BCUT2D eigenvalue weighted by molar-refractivity contribution is 5.81. The first-order valence-corrected chi connectivity index (χ1v) is 7.51. The Labute approximate surface area is 116 Å². The molecule has 1 unspecified atom stereocenters. The molecule has 0 bridgehead atoms. The highest BCUT2D eigenvalue weighted by Gasteiger charge is 2.23. The quantitative estimate of drug-likeness (QED) is 0.764. The minimum Gasteiger partial charge on any atom is -0.464 e. The van der Waals surface area contributed by atoms with Gasteiger partial charge in [0.25, 0.3) is 0 Å². The molecule has 0 fully saturated rings. The predicted octanol–water partition coefficient (Wildman–Crippen LogP) is 4.91. The van der Waals surface area contributed by atoms with Gasteiger partial charge in [-0.15, -0.1) is 0 Å². The van der Waals surface area contributed by atoms with Gasteiger partial charge in [0.05, 0.1) is 6.26 Å². The van der Waals surface area contributed by atoms with Crippen molar-refractivity contribution in [1.82, 2.24) is 5.32 Å². The first kappa shape index (κ1) is 14.1. The van der Waals surface area contributed by atoms with Crippen molar-refractivity contribution in [3.63, 3.8) is 0 Å². The maximum Gasteiger partial charge on any atom is 0.134 e. The zero-order valence-electron chi connectivity index (χ0n) is 12.3.